The number of hydroxylamine groups is 2. The van der Waals surface area contributed by atoms with E-state index < -0.39 is 17.8 Å². The molecule has 0 radical (unpaired) electrons. The predicted molar refractivity (Wildman–Crippen MR) is 68.1 cm³/mol. The van der Waals surface area contributed by atoms with E-state index in [1.165, 1.54) is 16.8 Å². The lowest BCUT2D eigenvalue weighted by atomic mass is 10.1. The van der Waals surface area contributed by atoms with E-state index in [-0.39, 0.29) is 16.8 Å². The number of amides is 2. The predicted octanol–water partition coefficient (Wildman–Crippen LogP) is 0.492. The van der Waals surface area contributed by atoms with Crippen LogP contribution in [0.4, 0.5) is 0 Å². The van der Waals surface area contributed by atoms with E-state index in [1.54, 1.807) is 26.1 Å². The summed E-state index contributed by atoms with van der Waals surface area (Å²) in [7, 11) is 1.61. The maximum atomic E-state index is 12.1. The van der Waals surface area contributed by atoms with Gasteiger partial charge in [-0.05, 0) is 19.1 Å². The molecule has 0 fully saturated rings. The monoisotopic (exact) mass is 286 g/mol. The topological polar surface area (TPSA) is 94.4 Å². The molecule has 2 heterocycles. The van der Waals surface area contributed by atoms with Crippen molar-refractivity contribution in [2.45, 2.75) is 6.92 Å². The molecule has 1 aliphatic heterocycles. The molecule has 0 N–H and O–H groups in total. The van der Waals surface area contributed by atoms with Crippen LogP contribution in [0.2, 0.25) is 0 Å². The second kappa shape index (κ2) is 4.51. The lowest BCUT2D eigenvalue weighted by Gasteiger charge is -2.11. The first-order valence-electron chi connectivity index (χ1n) is 6.07. The van der Waals surface area contributed by atoms with Crippen LogP contribution in [-0.2, 0) is 11.9 Å². The van der Waals surface area contributed by atoms with Gasteiger partial charge in [0.2, 0.25) is 0 Å². The van der Waals surface area contributed by atoms with Gasteiger partial charge in [0.25, 0.3) is 11.8 Å². The van der Waals surface area contributed by atoms with Gasteiger partial charge in [-0.2, -0.15) is 0 Å². The Hall–Kier alpha value is -3.03. The Morgan fingerprint density at radius 2 is 1.71 bits per heavy atom. The molecule has 0 spiro atoms. The van der Waals surface area contributed by atoms with Gasteiger partial charge in [-0.3, -0.25) is 14.3 Å². The van der Waals surface area contributed by atoms with Gasteiger partial charge in [-0.15, -0.1) is 5.10 Å². The average Bonchev–Trinajstić information content (AvgIpc) is 2.93. The van der Waals surface area contributed by atoms with E-state index in [9.17, 15) is 14.4 Å². The second-order valence-electron chi connectivity index (χ2n) is 4.48. The third kappa shape index (κ3) is 1.88. The van der Waals surface area contributed by atoms with Crippen molar-refractivity contribution in [2.75, 3.05) is 0 Å². The summed E-state index contributed by atoms with van der Waals surface area (Å²) in [6.45, 7) is 1.62. The highest BCUT2D eigenvalue weighted by molar-refractivity contribution is 6.21. The lowest BCUT2D eigenvalue weighted by molar-refractivity contribution is -0.0589. The minimum absolute atomic E-state index is 0.0472. The molecule has 8 heteroatoms. The summed E-state index contributed by atoms with van der Waals surface area (Å²) in [5.74, 6) is -2.26. The van der Waals surface area contributed by atoms with Crippen LogP contribution in [0.3, 0.4) is 0 Å². The largest absolute Gasteiger partial charge is 0.385 e. The van der Waals surface area contributed by atoms with Crippen molar-refractivity contribution in [3.63, 3.8) is 0 Å². The molecule has 21 heavy (non-hydrogen) atoms. The molecule has 0 bridgehead atoms. The van der Waals surface area contributed by atoms with Gasteiger partial charge < -0.3 is 4.84 Å². The summed E-state index contributed by atoms with van der Waals surface area (Å²) in [5, 5.41) is 7.76. The Bertz CT molecular complexity index is 745. The van der Waals surface area contributed by atoms with Crippen LogP contribution < -0.4 is 0 Å². The maximum Gasteiger partial charge on any atom is 0.385 e. The van der Waals surface area contributed by atoms with E-state index in [0.717, 1.165) is 0 Å². The van der Waals surface area contributed by atoms with E-state index in [0.29, 0.717) is 10.8 Å². The van der Waals surface area contributed by atoms with Crippen molar-refractivity contribution in [3.8, 4) is 0 Å². The van der Waals surface area contributed by atoms with Crippen LogP contribution >= 0.6 is 0 Å². The highest BCUT2D eigenvalue weighted by Crippen LogP contribution is 2.23. The third-order valence-electron chi connectivity index (χ3n) is 3.23. The zero-order valence-corrected chi connectivity index (χ0v) is 11.2. The number of rotatable bonds is 2. The Morgan fingerprint density at radius 3 is 2.19 bits per heavy atom. The number of benzene rings is 1. The molecule has 0 saturated carbocycles. The number of imide groups is 1. The number of carbonyl (C=O) groups excluding carboxylic acids is 3. The smallest absolute Gasteiger partial charge is 0.322 e. The fraction of sp³-hybridized carbons (Fsp3) is 0.154. The van der Waals surface area contributed by atoms with Crippen molar-refractivity contribution in [1.29, 1.82) is 0 Å². The molecule has 0 aliphatic carbocycles. The quantitative estimate of drug-likeness (QED) is 0.746. The lowest BCUT2D eigenvalue weighted by Crippen LogP contribution is -2.33. The molecule has 2 amide bonds. The average molecular weight is 286 g/mol. The minimum Gasteiger partial charge on any atom is -0.322 e. The van der Waals surface area contributed by atoms with Crippen molar-refractivity contribution in [2.24, 2.45) is 7.05 Å². The van der Waals surface area contributed by atoms with E-state index in [4.69, 9.17) is 4.84 Å². The molecule has 0 saturated heterocycles. The summed E-state index contributed by atoms with van der Waals surface area (Å²) in [5.41, 5.74) is 0.822. The number of nitrogens with zero attached hydrogens (tertiary/aromatic N) is 4. The SMILES string of the molecule is Cc1c(C(=O)ON2C(=O)c3ccccc3C2=O)nnn1C. The van der Waals surface area contributed by atoms with E-state index >= 15 is 0 Å². The minimum atomic E-state index is -0.907. The van der Waals surface area contributed by atoms with Crippen LogP contribution in [0.15, 0.2) is 24.3 Å². The molecule has 1 aromatic carbocycles. The molecule has 0 unspecified atom stereocenters. The van der Waals surface area contributed by atoms with Crippen molar-refractivity contribution in [3.05, 3.63) is 46.8 Å². The Morgan fingerprint density at radius 1 is 1.14 bits per heavy atom. The fourth-order valence-corrected chi connectivity index (χ4v) is 1.97. The first-order chi connectivity index (χ1) is 10.0. The molecule has 2 aromatic rings. The molecule has 0 atom stereocenters. The normalized spacial score (nSPS) is 13.5. The van der Waals surface area contributed by atoms with Crippen LogP contribution in [0.1, 0.15) is 36.9 Å². The number of carbonyl (C=O) groups is 3. The zero-order chi connectivity index (χ0) is 15.1. The first-order valence-corrected chi connectivity index (χ1v) is 6.07. The summed E-state index contributed by atoms with van der Waals surface area (Å²) in [6, 6.07) is 6.25. The number of aromatic nitrogens is 3. The fourth-order valence-electron chi connectivity index (χ4n) is 1.97. The molecule has 106 valence electrons. The number of aryl methyl sites for hydroxylation is 1. The standard InChI is InChI=1S/C13H10N4O4/c1-7-10(14-15-16(7)2)13(20)21-17-11(18)8-5-3-4-6-9(8)12(17)19/h3-6H,1-2H3. The molecular weight excluding hydrogens is 276 g/mol. The number of hydrogen-bond donors (Lipinski definition) is 0. The van der Waals surface area contributed by atoms with Gasteiger partial charge in [0.1, 0.15) is 0 Å². The summed E-state index contributed by atoms with van der Waals surface area (Å²) in [6.07, 6.45) is 0. The van der Waals surface area contributed by atoms with Crippen molar-refractivity contribution in [1.82, 2.24) is 20.1 Å². The van der Waals surface area contributed by atoms with Crippen molar-refractivity contribution < 1.29 is 19.2 Å². The Kier molecular flexibility index (Phi) is 2.79. The highest BCUT2D eigenvalue weighted by atomic mass is 16.7. The molecule has 1 aliphatic rings. The molecule has 8 nitrogen and oxygen atoms in total. The molecular formula is C13H10N4O4. The second-order valence-corrected chi connectivity index (χ2v) is 4.48. The van der Waals surface area contributed by atoms with Crippen LogP contribution in [0.25, 0.3) is 0 Å². The number of hydrogen-bond acceptors (Lipinski definition) is 6. The Balaban J connectivity index is 1.87. The van der Waals surface area contributed by atoms with Gasteiger partial charge in [0.05, 0.1) is 16.8 Å². The summed E-state index contributed by atoms with van der Waals surface area (Å²) in [4.78, 5) is 41.0. The summed E-state index contributed by atoms with van der Waals surface area (Å²) < 4.78 is 1.39. The van der Waals surface area contributed by atoms with Gasteiger partial charge in [-0.1, -0.05) is 22.4 Å². The van der Waals surface area contributed by atoms with Gasteiger partial charge >= 0.3 is 5.97 Å². The third-order valence-corrected chi connectivity index (χ3v) is 3.23. The molecule has 1 aromatic heterocycles. The highest BCUT2D eigenvalue weighted by Gasteiger charge is 2.39. The summed E-state index contributed by atoms with van der Waals surface area (Å²) >= 11 is 0. The van der Waals surface area contributed by atoms with Crippen LogP contribution in [0, 0.1) is 6.92 Å². The van der Waals surface area contributed by atoms with Crippen LogP contribution in [0.5, 0.6) is 0 Å². The van der Waals surface area contributed by atoms with Crippen molar-refractivity contribution >= 4 is 17.8 Å². The van der Waals surface area contributed by atoms with E-state index in [1.807, 2.05) is 0 Å². The Labute approximate surface area is 118 Å². The van der Waals surface area contributed by atoms with Gasteiger partial charge in [0.15, 0.2) is 5.69 Å². The molecule has 3 rings (SSSR count). The van der Waals surface area contributed by atoms with Crippen LogP contribution in [-0.4, -0.2) is 37.8 Å². The van der Waals surface area contributed by atoms with Gasteiger partial charge in [-0.25, -0.2) is 4.79 Å². The maximum absolute atomic E-state index is 12.1. The van der Waals surface area contributed by atoms with E-state index in [2.05, 4.69) is 10.3 Å². The number of fused-ring (bicyclic) bond motifs is 1. The first kappa shape index (κ1) is 13.0. The zero-order valence-electron chi connectivity index (χ0n) is 11.2. The van der Waals surface area contributed by atoms with Gasteiger partial charge in [0, 0.05) is 7.05 Å².